The molecule has 4 nitrogen and oxygen atoms in total. The molecule has 1 aliphatic heterocycles. The Morgan fingerprint density at radius 2 is 2.36 bits per heavy atom. The van der Waals surface area contributed by atoms with Gasteiger partial charge in [-0.1, -0.05) is 11.1 Å². The van der Waals surface area contributed by atoms with Crippen molar-refractivity contribution in [2.24, 2.45) is 5.41 Å². The van der Waals surface area contributed by atoms with Gasteiger partial charge in [-0.15, -0.1) is 0 Å². The predicted molar refractivity (Wildman–Crippen MR) is 37.3 cm³/mol. The first kappa shape index (κ1) is 8.65. The van der Waals surface area contributed by atoms with Crippen molar-refractivity contribution < 1.29 is 13.5 Å². The predicted octanol–water partition coefficient (Wildman–Crippen LogP) is -0.204. The minimum absolute atomic E-state index is 0.0422. The highest BCUT2D eigenvalue weighted by molar-refractivity contribution is 7.79. The first-order chi connectivity index (χ1) is 5.18. The average molecular weight is 174 g/mol. The molecule has 0 bridgehead atoms. The number of hydrogen-bond donors (Lipinski definition) is 0. The molecule has 1 atom stereocenters. The summed E-state index contributed by atoms with van der Waals surface area (Å²) in [6.07, 6.45) is 0.265. The fourth-order valence-corrected chi connectivity index (χ4v) is 1.81. The largest absolute Gasteiger partial charge is 0.772 e. The number of ether oxygens (including phenoxy) is 1. The van der Waals surface area contributed by atoms with Crippen LogP contribution in [0.2, 0.25) is 0 Å². The third-order valence-corrected chi connectivity index (χ3v) is 2.54. The molecular weight excluding hydrogens is 166 g/mol. The molecule has 0 aromatic heterocycles. The summed E-state index contributed by atoms with van der Waals surface area (Å²) in [5.74, 6) is 0.0422. The lowest BCUT2D eigenvalue weighted by Crippen LogP contribution is -2.46. The molecule has 0 amide bonds. The second-order valence-corrected chi connectivity index (χ2v) is 3.67. The van der Waals surface area contributed by atoms with Crippen LogP contribution in [0.5, 0.6) is 0 Å². The van der Waals surface area contributed by atoms with Crippen LogP contribution in [0.25, 0.3) is 0 Å². The maximum atomic E-state index is 10.3. The van der Waals surface area contributed by atoms with Gasteiger partial charge >= 0.3 is 0 Å². The zero-order chi connectivity index (χ0) is 8.32. The van der Waals surface area contributed by atoms with Crippen molar-refractivity contribution in [1.29, 1.82) is 5.26 Å². The fourth-order valence-electron chi connectivity index (χ4n) is 1.04. The average Bonchev–Trinajstić information content (AvgIpc) is 1.82. The van der Waals surface area contributed by atoms with Crippen molar-refractivity contribution in [3.8, 4) is 6.07 Å². The maximum Gasteiger partial charge on any atom is 0.0629 e. The van der Waals surface area contributed by atoms with Gasteiger partial charge in [-0.25, -0.2) is 0 Å². The molecule has 0 N–H and O–H groups in total. The van der Waals surface area contributed by atoms with Gasteiger partial charge in [-0.05, 0) is 0 Å². The van der Waals surface area contributed by atoms with E-state index in [1.54, 1.807) is 0 Å². The van der Waals surface area contributed by atoms with Crippen molar-refractivity contribution >= 4 is 11.1 Å². The minimum atomic E-state index is -2.07. The van der Waals surface area contributed by atoms with Gasteiger partial charge < -0.3 is 9.29 Å². The second-order valence-electron chi connectivity index (χ2n) is 2.78. The second kappa shape index (κ2) is 3.30. The van der Waals surface area contributed by atoms with Gasteiger partial charge in [0.05, 0.1) is 19.3 Å². The standard InChI is InChI=1S/C6H9NO3S/c7-2-1-6(3-10-4-6)5-11(8)9/h1,3-5H2,(H,8,9)/p-1. The topological polar surface area (TPSA) is 73.2 Å². The molecule has 62 valence electrons. The molecule has 1 heterocycles. The first-order valence-corrected chi connectivity index (χ1v) is 4.43. The lowest BCUT2D eigenvalue weighted by molar-refractivity contribution is -0.0957. The molecule has 0 aromatic carbocycles. The van der Waals surface area contributed by atoms with Gasteiger partial charge in [0.2, 0.25) is 0 Å². The van der Waals surface area contributed by atoms with Crippen LogP contribution in [-0.4, -0.2) is 27.7 Å². The van der Waals surface area contributed by atoms with E-state index in [0.29, 0.717) is 13.2 Å². The van der Waals surface area contributed by atoms with Crippen LogP contribution in [-0.2, 0) is 15.8 Å². The summed E-state index contributed by atoms with van der Waals surface area (Å²) >= 11 is -2.07. The lowest BCUT2D eigenvalue weighted by atomic mass is 9.85. The summed E-state index contributed by atoms with van der Waals surface area (Å²) in [5.41, 5.74) is -0.401. The van der Waals surface area contributed by atoms with Gasteiger partial charge in [-0.3, -0.25) is 4.21 Å². The van der Waals surface area contributed by atoms with E-state index in [4.69, 9.17) is 10.00 Å². The van der Waals surface area contributed by atoms with Crippen LogP contribution in [0.1, 0.15) is 6.42 Å². The third-order valence-electron chi connectivity index (χ3n) is 1.69. The minimum Gasteiger partial charge on any atom is -0.772 e. The number of nitrogens with zero attached hydrogens (tertiary/aromatic N) is 1. The van der Waals surface area contributed by atoms with Crippen molar-refractivity contribution in [3.05, 3.63) is 0 Å². The Morgan fingerprint density at radius 3 is 2.64 bits per heavy atom. The third kappa shape index (κ3) is 1.99. The van der Waals surface area contributed by atoms with E-state index in [1.807, 2.05) is 6.07 Å². The summed E-state index contributed by atoms with van der Waals surface area (Å²) in [4.78, 5) is 0. The van der Waals surface area contributed by atoms with Crippen LogP contribution in [0, 0.1) is 16.7 Å². The SMILES string of the molecule is N#CCC1(CS(=O)[O-])COC1. The highest BCUT2D eigenvalue weighted by Crippen LogP contribution is 2.31. The molecule has 11 heavy (non-hydrogen) atoms. The highest BCUT2D eigenvalue weighted by atomic mass is 32.2. The summed E-state index contributed by atoms with van der Waals surface area (Å²) in [6, 6.07) is 1.96. The van der Waals surface area contributed by atoms with Crippen LogP contribution in [0.3, 0.4) is 0 Å². The van der Waals surface area contributed by atoms with Crippen molar-refractivity contribution in [2.75, 3.05) is 19.0 Å². The molecule has 5 heteroatoms. The molecule has 0 radical (unpaired) electrons. The van der Waals surface area contributed by atoms with Crippen molar-refractivity contribution in [1.82, 2.24) is 0 Å². The number of rotatable bonds is 3. The highest BCUT2D eigenvalue weighted by Gasteiger charge is 2.38. The molecule has 1 aliphatic rings. The summed E-state index contributed by atoms with van der Waals surface area (Å²) < 4.78 is 25.5. The van der Waals surface area contributed by atoms with Crippen LogP contribution >= 0.6 is 0 Å². The quantitative estimate of drug-likeness (QED) is 0.555. The molecule has 0 aromatic rings. The van der Waals surface area contributed by atoms with Crippen LogP contribution in [0.15, 0.2) is 0 Å². The Balaban J connectivity index is 2.48. The Hall–Kier alpha value is -0.440. The summed E-state index contributed by atoms with van der Waals surface area (Å²) in [6.45, 7) is 0.795. The number of nitriles is 1. The van der Waals surface area contributed by atoms with Crippen LogP contribution < -0.4 is 0 Å². The molecule has 1 fully saturated rings. The van der Waals surface area contributed by atoms with Crippen LogP contribution in [0.4, 0.5) is 0 Å². The molecular formula is C6H8NO3S-. The normalized spacial score (nSPS) is 23.3. The van der Waals surface area contributed by atoms with Gasteiger partial charge in [-0.2, -0.15) is 5.26 Å². The zero-order valence-electron chi connectivity index (χ0n) is 5.91. The first-order valence-electron chi connectivity index (χ1n) is 3.19. The van der Waals surface area contributed by atoms with Gasteiger partial charge in [0.15, 0.2) is 0 Å². The van der Waals surface area contributed by atoms with E-state index >= 15 is 0 Å². The summed E-state index contributed by atoms with van der Waals surface area (Å²) in [5, 5.41) is 8.37. The number of hydrogen-bond acceptors (Lipinski definition) is 4. The summed E-state index contributed by atoms with van der Waals surface area (Å²) in [7, 11) is 0. The lowest BCUT2D eigenvalue weighted by Gasteiger charge is -2.40. The Morgan fingerprint density at radius 1 is 1.73 bits per heavy atom. The Bertz CT molecular complexity index is 206. The smallest absolute Gasteiger partial charge is 0.0629 e. The molecule has 0 saturated carbocycles. The maximum absolute atomic E-state index is 10.3. The van der Waals surface area contributed by atoms with E-state index in [0.717, 1.165) is 0 Å². The van der Waals surface area contributed by atoms with E-state index < -0.39 is 16.5 Å². The Kier molecular flexibility index (Phi) is 2.60. The Labute approximate surface area is 67.4 Å². The van der Waals surface area contributed by atoms with E-state index in [1.165, 1.54) is 0 Å². The fraction of sp³-hybridized carbons (Fsp3) is 0.833. The monoisotopic (exact) mass is 174 g/mol. The zero-order valence-corrected chi connectivity index (χ0v) is 6.73. The molecule has 0 spiro atoms. The van der Waals surface area contributed by atoms with E-state index in [9.17, 15) is 8.76 Å². The van der Waals surface area contributed by atoms with Gasteiger partial charge in [0.25, 0.3) is 0 Å². The molecule has 1 rings (SSSR count). The van der Waals surface area contributed by atoms with E-state index in [2.05, 4.69) is 0 Å². The molecule has 0 aliphatic carbocycles. The van der Waals surface area contributed by atoms with E-state index in [-0.39, 0.29) is 12.2 Å². The van der Waals surface area contributed by atoms with Gasteiger partial charge in [0.1, 0.15) is 0 Å². The molecule has 1 unspecified atom stereocenters. The van der Waals surface area contributed by atoms with Gasteiger partial charge in [0, 0.05) is 17.6 Å². The van der Waals surface area contributed by atoms with Crippen molar-refractivity contribution in [3.63, 3.8) is 0 Å². The molecule has 1 saturated heterocycles. The van der Waals surface area contributed by atoms with Crippen molar-refractivity contribution in [2.45, 2.75) is 6.42 Å².